The molecule has 1 heterocycles. The van der Waals surface area contributed by atoms with Gasteiger partial charge in [-0.2, -0.15) is 0 Å². The van der Waals surface area contributed by atoms with E-state index in [4.69, 9.17) is 0 Å². The third-order valence-electron chi connectivity index (χ3n) is 1.46. The summed E-state index contributed by atoms with van der Waals surface area (Å²) < 4.78 is 0. The maximum absolute atomic E-state index is 4.31. The Morgan fingerprint density at radius 1 is 1.50 bits per heavy atom. The quantitative estimate of drug-likeness (QED) is 0.699. The van der Waals surface area contributed by atoms with Crippen molar-refractivity contribution < 1.29 is 0 Å². The molecule has 12 heavy (non-hydrogen) atoms. The van der Waals surface area contributed by atoms with Crippen LogP contribution in [0.1, 0.15) is 5.69 Å². The van der Waals surface area contributed by atoms with Crippen molar-refractivity contribution in [1.29, 1.82) is 0 Å². The molecule has 0 saturated heterocycles. The van der Waals surface area contributed by atoms with Crippen LogP contribution in [0, 0.1) is 0 Å². The Hall–Kier alpha value is -1.16. The minimum Gasteiger partial charge on any atom is -0.347 e. The van der Waals surface area contributed by atoms with E-state index in [2.05, 4.69) is 15.3 Å². The lowest BCUT2D eigenvalue weighted by atomic mass is 10.4. The lowest BCUT2D eigenvalue weighted by Gasteiger charge is -2.10. The van der Waals surface area contributed by atoms with Crippen molar-refractivity contribution in [2.24, 2.45) is 0 Å². The van der Waals surface area contributed by atoms with Crippen molar-refractivity contribution in [3.63, 3.8) is 0 Å². The molecular weight excluding hydrogens is 152 g/mol. The molecule has 0 spiro atoms. The lowest BCUT2D eigenvalue weighted by Crippen LogP contribution is -2.15. The smallest absolute Gasteiger partial charge is 0.225 e. The number of anilines is 1. The molecular formula is C8H14N4. The molecule has 0 amide bonds. The Morgan fingerprint density at radius 2 is 2.25 bits per heavy atom. The summed E-state index contributed by atoms with van der Waals surface area (Å²) in [7, 11) is 5.76. The SMILES string of the molecule is CNCc1ccnc(N(C)C)n1. The zero-order valence-corrected chi connectivity index (χ0v) is 7.70. The Morgan fingerprint density at radius 3 is 2.83 bits per heavy atom. The summed E-state index contributed by atoms with van der Waals surface area (Å²) in [5.74, 6) is 0.753. The third kappa shape index (κ3) is 2.17. The van der Waals surface area contributed by atoms with Gasteiger partial charge in [-0.15, -0.1) is 0 Å². The van der Waals surface area contributed by atoms with Crippen LogP contribution >= 0.6 is 0 Å². The van der Waals surface area contributed by atoms with E-state index in [1.54, 1.807) is 6.20 Å². The molecule has 0 aliphatic rings. The molecule has 0 radical (unpaired) electrons. The maximum Gasteiger partial charge on any atom is 0.225 e. The molecule has 0 fully saturated rings. The summed E-state index contributed by atoms with van der Waals surface area (Å²) >= 11 is 0. The van der Waals surface area contributed by atoms with Crippen molar-refractivity contribution in [1.82, 2.24) is 15.3 Å². The fourth-order valence-electron chi connectivity index (χ4n) is 0.880. The van der Waals surface area contributed by atoms with Crippen LogP contribution in [0.4, 0.5) is 5.95 Å². The van der Waals surface area contributed by atoms with Gasteiger partial charge in [0.1, 0.15) is 0 Å². The van der Waals surface area contributed by atoms with Crippen molar-refractivity contribution in [2.45, 2.75) is 6.54 Å². The van der Waals surface area contributed by atoms with Gasteiger partial charge < -0.3 is 10.2 Å². The predicted octanol–water partition coefficient (Wildman–Crippen LogP) is 0.262. The molecule has 0 atom stereocenters. The minimum absolute atomic E-state index is 0.753. The first kappa shape index (κ1) is 8.93. The van der Waals surface area contributed by atoms with Crippen molar-refractivity contribution in [3.05, 3.63) is 18.0 Å². The first-order valence-corrected chi connectivity index (χ1v) is 3.88. The molecule has 1 aromatic rings. The van der Waals surface area contributed by atoms with Crippen LogP contribution in [0.3, 0.4) is 0 Å². The van der Waals surface area contributed by atoms with Crippen LogP contribution in [-0.2, 0) is 6.54 Å². The van der Waals surface area contributed by atoms with Crippen molar-refractivity contribution in [3.8, 4) is 0 Å². The van der Waals surface area contributed by atoms with Gasteiger partial charge in [-0.3, -0.25) is 0 Å². The molecule has 0 bridgehead atoms. The van der Waals surface area contributed by atoms with E-state index < -0.39 is 0 Å². The van der Waals surface area contributed by atoms with Crippen molar-refractivity contribution in [2.75, 3.05) is 26.0 Å². The normalized spacial score (nSPS) is 9.92. The second-order valence-corrected chi connectivity index (χ2v) is 2.77. The fraction of sp³-hybridized carbons (Fsp3) is 0.500. The lowest BCUT2D eigenvalue weighted by molar-refractivity contribution is 0.782. The summed E-state index contributed by atoms with van der Waals surface area (Å²) in [5.41, 5.74) is 1.01. The molecule has 0 aliphatic carbocycles. The maximum atomic E-state index is 4.31. The molecule has 1 rings (SSSR count). The Kier molecular flexibility index (Phi) is 2.99. The number of nitrogens with zero attached hydrogens (tertiary/aromatic N) is 3. The average molecular weight is 166 g/mol. The largest absolute Gasteiger partial charge is 0.347 e. The monoisotopic (exact) mass is 166 g/mol. The third-order valence-corrected chi connectivity index (χ3v) is 1.46. The number of hydrogen-bond donors (Lipinski definition) is 1. The molecule has 4 heteroatoms. The van der Waals surface area contributed by atoms with Gasteiger partial charge in [-0.1, -0.05) is 0 Å². The van der Waals surface area contributed by atoms with E-state index in [1.807, 2.05) is 32.1 Å². The van der Waals surface area contributed by atoms with Crippen LogP contribution in [-0.4, -0.2) is 31.1 Å². The first-order chi connectivity index (χ1) is 5.74. The molecule has 66 valence electrons. The van der Waals surface area contributed by atoms with Crippen LogP contribution in [0.15, 0.2) is 12.3 Å². The molecule has 0 aliphatic heterocycles. The highest BCUT2D eigenvalue weighted by Crippen LogP contribution is 2.02. The predicted molar refractivity (Wildman–Crippen MR) is 49.1 cm³/mol. The van der Waals surface area contributed by atoms with E-state index in [-0.39, 0.29) is 0 Å². The zero-order chi connectivity index (χ0) is 8.97. The van der Waals surface area contributed by atoms with Crippen LogP contribution in [0.5, 0.6) is 0 Å². The van der Waals surface area contributed by atoms with Gasteiger partial charge >= 0.3 is 0 Å². The van der Waals surface area contributed by atoms with Crippen LogP contribution in [0.25, 0.3) is 0 Å². The highest BCUT2D eigenvalue weighted by molar-refractivity contribution is 5.26. The summed E-state index contributed by atoms with van der Waals surface area (Å²) in [6, 6.07) is 1.91. The Labute approximate surface area is 72.6 Å². The van der Waals surface area contributed by atoms with Gasteiger partial charge in [0.15, 0.2) is 0 Å². The van der Waals surface area contributed by atoms with Gasteiger partial charge in [-0.05, 0) is 13.1 Å². The zero-order valence-electron chi connectivity index (χ0n) is 7.70. The summed E-state index contributed by atoms with van der Waals surface area (Å²) in [4.78, 5) is 10.3. The van der Waals surface area contributed by atoms with E-state index in [0.29, 0.717) is 0 Å². The van der Waals surface area contributed by atoms with E-state index in [1.165, 1.54) is 0 Å². The highest BCUT2D eigenvalue weighted by Gasteiger charge is 1.98. The molecule has 1 aromatic heterocycles. The minimum atomic E-state index is 0.753. The van der Waals surface area contributed by atoms with Crippen molar-refractivity contribution >= 4 is 5.95 Å². The second kappa shape index (κ2) is 4.01. The van der Waals surface area contributed by atoms with E-state index >= 15 is 0 Å². The molecule has 0 unspecified atom stereocenters. The Balaban J connectivity index is 2.81. The van der Waals surface area contributed by atoms with Crippen LogP contribution in [0.2, 0.25) is 0 Å². The molecule has 1 N–H and O–H groups in total. The number of aromatic nitrogens is 2. The van der Waals surface area contributed by atoms with Crippen LogP contribution < -0.4 is 10.2 Å². The average Bonchev–Trinajstić information content (AvgIpc) is 2.05. The summed E-state index contributed by atoms with van der Waals surface area (Å²) in [6.07, 6.45) is 1.77. The Bertz CT molecular complexity index is 247. The summed E-state index contributed by atoms with van der Waals surface area (Å²) in [5, 5.41) is 3.04. The molecule has 4 nitrogen and oxygen atoms in total. The van der Waals surface area contributed by atoms with Gasteiger partial charge in [0.05, 0.1) is 5.69 Å². The van der Waals surface area contributed by atoms with Gasteiger partial charge in [0.2, 0.25) is 5.95 Å². The number of nitrogens with one attached hydrogen (secondary N) is 1. The van der Waals surface area contributed by atoms with E-state index in [9.17, 15) is 0 Å². The first-order valence-electron chi connectivity index (χ1n) is 3.88. The number of rotatable bonds is 3. The number of hydrogen-bond acceptors (Lipinski definition) is 4. The molecule has 0 saturated carbocycles. The molecule has 0 aromatic carbocycles. The second-order valence-electron chi connectivity index (χ2n) is 2.77. The summed E-state index contributed by atoms with van der Waals surface area (Å²) in [6.45, 7) is 0.781. The fourth-order valence-corrected chi connectivity index (χ4v) is 0.880. The standard InChI is InChI=1S/C8H14N4/c1-9-6-7-4-5-10-8(11-7)12(2)3/h4-5,9H,6H2,1-3H3. The van der Waals surface area contributed by atoms with Gasteiger partial charge in [0.25, 0.3) is 0 Å². The van der Waals surface area contributed by atoms with E-state index in [0.717, 1.165) is 18.2 Å². The van der Waals surface area contributed by atoms with Gasteiger partial charge in [0, 0.05) is 26.8 Å². The highest BCUT2D eigenvalue weighted by atomic mass is 15.2. The van der Waals surface area contributed by atoms with Gasteiger partial charge in [-0.25, -0.2) is 9.97 Å². The topological polar surface area (TPSA) is 41.1 Å².